The summed E-state index contributed by atoms with van der Waals surface area (Å²) >= 11 is 0. The molecule has 2 rings (SSSR count). The zero-order valence-corrected chi connectivity index (χ0v) is 17.5. The van der Waals surface area contributed by atoms with Gasteiger partial charge in [-0.15, -0.1) is 0 Å². The number of nitrogens with one attached hydrogen (secondary N) is 2. The molecule has 1 saturated heterocycles. The lowest BCUT2D eigenvalue weighted by Crippen LogP contribution is -2.46. The molecule has 0 saturated carbocycles. The molecular weight excluding hydrogens is 398 g/mol. The smallest absolute Gasteiger partial charge is 0.338 e. The fourth-order valence-electron chi connectivity index (χ4n) is 2.91. The molecule has 10 heteroatoms. The Kier molecular flexibility index (Phi) is 8.15. The first kappa shape index (κ1) is 22.8. The number of sulfonamides is 1. The molecule has 29 heavy (non-hydrogen) atoms. The summed E-state index contributed by atoms with van der Waals surface area (Å²) in [6, 6.07) is 4.68. The average molecular weight is 426 g/mol. The van der Waals surface area contributed by atoms with E-state index < -0.39 is 34.5 Å². The van der Waals surface area contributed by atoms with Crippen LogP contribution in [0.25, 0.3) is 0 Å². The Bertz CT molecular complexity index is 832. The standard InChI is InChI=1S/C19H27N3O6S/c1-3-20-18(24)14(2)21-17(23)13-28-19(25)15-7-9-16(10-8-15)29(26,27)22-11-5-4-6-12-22/h7-10,14H,3-6,11-13H2,1-2H3,(H,20,24)(H,21,23)/t14-/m0/s1. The van der Waals surface area contributed by atoms with Gasteiger partial charge in [0.25, 0.3) is 5.91 Å². The highest BCUT2D eigenvalue weighted by molar-refractivity contribution is 7.89. The van der Waals surface area contributed by atoms with Crippen molar-refractivity contribution in [2.75, 3.05) is 26.2 Å². The minimum Gasteiger partial charge on any atom is -0.452 e. The zero-order chi connectivity index (χ0) is 21.4. The van der Waals surface area contributed by atoms with Gasteiger partial charge in [0.1, 0.15) is 6.04 Å². The SMILES string of the molecule is CCNC(=O)[C@H](C)NC(=O)COC(=O)c1ccc(S(=O)(=O)N2CCCCC2)cc1. The van der Waals surface area contributed by atoms with Crippen LogP contribution in [0.1, 0.15) is 43.5 Å². The summed E-state index contributed by atoms with van der Waals surface area (Å²) in [5, 5.41) is 4.99. The second-order valence-electron chi connectivity index (χ2n) is 6.75. The molecule has 0 unspecified atom stereocenters. The van der Waals surface area contributed by atoms with Crippen molar-refractivity contribution < 1.29 is 27.5 Å². The fraction of sp³-hybridized carbons (Fsp3) is 0.526. The summed E-state index contributed by atoms with van der Waals surface area (Å²) in [5.74, 6) is -1.70. The third-order valence-corrected chi connectivity index (χ3v) is 6.41. The maximum atomic E-state index is 12.6. The normalized spacial score (nSPS) is 15.9. The van der Waals surface area contributed by atoms with Gasteiger partial charge in [0.2, 0.25) is 15.9 Å². The van der Waals surface area contributed by atoms with E-state index in [0.29, 0.717) is 19.6 Å². The number of hydrogen-bond acceptors (Lipinski definition) is 6. The number of nitrogens with zero attached hydrogens (tertiary/aromatic N) is 1. The van der Waals surface area contributed by atoms with E-state index in [1.165, 1.54) is 35.5 Å². The van der Waals surface area contributed by atoms with Gasteiger partial charge in [0.05, 0.1) is 10.5 Å². The Morgan fingerprint density at radius 2 is 1.72 bits per heavy atom. The van der Waals surface area contributed by atoms with Crippen LogP contribution in [-0.4, -0.2) is 62.8 Å². The third-order valence-electron chi connectivity index (χ3n) is 4.50. The molecule has 0 aliphatic carbocycles. The number of carbonyl (C=O) groups excluding carboxylic acids is 3. The molecule has 1 aliphatic heterocycles. The molecule has 1 aromatic rings. The highest BCUT2D eigenvalue weighted by Crippen LogP contribution is 2.21. The summed E-state index contributed by atoms with van der Waals surface area (Å²) < 4.78 is 31.6. The molecule has 1 atom stereocenters. The van der Waals surface area contributed by atoms with Crippen molar-refractivity contribution in [2.45, 2.75) is 44.0 Å². The van der Waals surface area contributed by atoms with Gasteiger partial charge in [0, 0.05) is 19.6 Å². The van der Waals surface area contributed by atoms with E-state index in [2.05, 4.69) is 10.6 Å². The predicted molar refractivity (Wildman–Crippen MR) is 106 cm³/mol. The summed E-state index contributed by atoms with van der Waals surface area (Å²) in [6.07, 6.45) is 2.70. The van der Waals surface area contributed by atoms with Crippen LogP contribution in [0.2, 0.25) is 0 Å². The number of ether oxygens (including phenoxy) is 1. The van der Waals surface area contributed by atoms with Crippen molar-refractivity contribution in [3.8, 4) is 0 Å². The molecule has 1 heterocycles. The Labute approximate surface area is 170 Å². The van der Waals surface area contributed by atoms with E-state index in [4.69, 9.17) is 4.74 Å². The van der Waals surface area contributed by atoms with Crippen LogP contribution in [0, 0.1) is 0 Å². The van der Waals surface area contributed by atoms with Crippen molar-refractivity contribution in [3.05, 3.63) is 29.8 Å². The molecule has 0 aromatic heterocycles. The molecule has 2 amide bonds. The predicted octanol–water partition coefficient (Wildman–Crippen LogP) is 0.659. The first-order valence-electron chi connectivity index (χ1n) is 9.60. The van der Waals surface area contributed by atoms with Gasteiger partial charge in [-0.2, -0.15) is 4.31 Å². The van der Waals surface area contributed by atoms with Crippen molar-refractivity contribution in [1.29, 1.82) is 0 Å². The molecule has 0 spiro atoms. The number of likely N-dealkylation sites (N-methyl/N-ethyl adjacent to an activating group) is 1. The maximum absolute atomic E-state index is 12.6. The number of esters is 1. The highest BCUT2D eigenvalue weighted by Gasteiger charge is 2.26. The summed E-state index contributed by atoms with van der Waals surface area (Å²) in [5.41, 5.74) is 0.132. The van der Waals surface area contributed by atoms with Crippen molar-refractivity contribution in [3.63, 3.8) is 0 Å². The van der Waals surface area contributed by atoms with E-state index in [1.54, 1.807) is 6.92 Å². The molecule has 1 fully saturated rings. The van der Waals surface area contributed by atoms with Gasteiger partial charge in [-0.25, -0.2) is 13.2 Å². The van der Waals surface area contributed by atoms with Gasteiger partial charge in [-0.3, -0.25) is 9.59 Å². The van der Waals surface area contributed by atoms with Crippen LogP contribution in [0.15, 0.2) is 29.2 Å². The average Bonchev–Trinajstić information content (AvgIpc) is 2.72. The molecule has 160 valence electrons. The Balaban J connectivity index is 1.90. The fourth-order valence-corrected chi connectivity index (χ4v) is 4.42. The molecule has 0 radical (unpaired) electrons. The van der Waals surface area contributed by atoms with Crippen LogP contribution >= 0.6 is 0 Å². The van der Waals surface area contributed by atoms with Crippen LogP contribution in [-0.2, 0) is 24.3 Å². The first-order chi connectivity index (χ1) is 13.8. The summed E-state index contributed by atoms with van der Waals surface area (Å²) in [6.45, 7) is 4.17. The van der Waals surface area contributed by atoms with Crippen LogP contribution in [0.4, 0.5) is 0 Å². The zero-order valence-electron chi connectivity index (χ0n) is 16.6. The van der Waals surface area contributed by atoms with Gasteiger partial charge in [0.15, 0.2) is 6.61 Å². The summed E-state index contributed by atoms with van der Waals surface area (Å²) in [4.78, 5) is 35.6. The third kappa shape index (κ3) is 6.26. The van der Waals surface area contributed by atoms with E-state index in [1.807, 2.05) is 0 Å². The largest absolute Gasteiger partial charge is 0.452 e. The van der Waals surface area contributed by atoms with Crippen LogP contribution in [0.3, 0.4) is 0 Å². The van der Waals surface area contributed by atoms with Gasteiger partial charge >= 0.3 is 5.97 Å². The minimum absolute atomic E-state index is 0.115. The molecule has 2 N–H and O–H groups in total. The highest BCUT2D eigenvalue weighted by atomic mass is 32.2. The lowest BCUT2D eigenvalue weighted by molar-refractivity contribution is -0.130. The Morgan fingerprint density at radius 1 is 1.10 bits per heavy atom. The number of benzene rings is 1. The lowest BCUT2D eigenvalue weighted by Gasteiger charge is -2.25. The Morgan fingerprint density at radius 3 is 2.31 bits per heavy atom. The summed E-state index contributed by atoms with van der Waals surface area (Å²) in [7, 11) is -3.58. The molecule has 9 nitrogen and oxygen atoms in total. The minimum atomic E-state index is -3.58. The van der Waals surface area contributed by atoms with Crippen LogP contribution in [0.5, 0.6) is 0 Å². The molecule has 0 bridgehead atoms. The van der Waals surface area contributed by atoms with Crippen molar-refractivity contribution in [1.82, 2.24) is 14.9 Å². The molecular formula is C19H27N3O6S. The van der Waals surface area contributed by atoms with E-state index in [-0.39, 0.29) is 16.4 Å². The van der Waals surface area contributed by atoms with E-state index >= 15 is 0 Å². The number of amides is 2. The Hall–Kier alpha value is -2.46. The number of hydrogen-bond donors (Lipinski definition) is 2. The van der Waals surface area contributed by atoms with Gasteiger partial charge in [-0.05, 0) is 51.0 Å². The molecule has 1 aliphatic rings. The van der Waals surface area contributed by atoms with E-state index in [0.717, 1.165) is 19.3 Å². The van der Waals surface area contributed by atoms with Crippen molar-refractivity contribution in [2.24, 2.45) is 0 Å². The maximum Gasteiger partial charge on any atom is 0.338 e. The first-order valence-corrected chi connectivity index (χ1v) is 11.0. The second-order valence-corrected chi connectivity index (χ2v) is 8.69. The van der Waals surface area contributed by atoms with Crippen LogP contribution < -0.4 is 10.6 Å². The topological polar surface area (TPSA) is 122 Å². The van der Waals surface area contributed by atoms with E-state index in [9.17, 15) is 22.8 Å². The second kappa shape index (κ2) is 10.4. The molecule has 1 aromatic carbocycles. The van der Waals surface area contributed by atoms with Gasteiger partial charge < -0.3 is 15.4 Å². The monoisotopic (exact) mass is 425 g/mol. The quantitative estimate of drug-likeness (QED) is 0.590. The lowest BCUT2D eigenvalue weighted by atomic mass is 10.2. The van der Waals surface area contributed by atoms with Gasteiger partial charge in [-0.1, -0.05) is 6.42 Å². The number of carbonyl (C=O) groups is 3. The van der Waals surface area contributed by atoms with Crippen molar-refractivity contribution >= 4 is 27.8 Å². The number of rotatable bonds is 8. The number of piperidine rings is 1.